The molecular weight excluding hydrogens is 533 g/mol. The van der Waals surface area contributed by atoms with E-state index < -0.39 is 6.17 Å². The lowest BCUT2D eigenvalue weighted by molar-refractivity contribution is 0.402. The van der Waals surface area contributed by atoms with Crippen molar-refractivity contribution < 1.29 is 8.81 Å². The summed E-state index contributed by atoms with van der Waals surface area (Å²) in [6.45, 7) is 4.47. The Balaban J connectivity index is 1.28. The minimum atomic E-state index is -1.31. The highest BCUT2D eigenvalue weighted by Crippen LogP contribution is 2.53. The van der Waals surface area contributed by atoms with Crippen LogP contribution in [0.4, 0.5) is 21.6 Å². The molecule has 0 aliphatic carbocycles. The normalized spacial score (nSPS) is 14.4. The lowest BCUT2D eigenvalue weighted by atomic mass is 9.74. The minimum absolute atomic E-state index is 0.311. The van der Waals surface area contributed by atoms with Gasteiger partial charge >= 0.3 is 0 Å². The summed E-state index contributed by atoms with van der Waals surface area (Å²) in [5.41, 5.74) is 8.31. The molecule has 4 aromatic carbocycles. The van der Waals surface area contributed by atoms with E-state index >= 15 is 4.39 Å². The molecular formula is C38H28FN3O. The predicted molar refractivity (Wildman–Crippen MR) is 171 cm³/mol. The summed E-state index contributed by atoms with van der Waals surface area (Å²) in [6, 6.07) is 37.7. The molecule has 208 valence electrons. The molecule has 8 rings (SSSR count). The van der Waals surface area contributed by atoms with E-state index in [-0.39, 0.29) is 5.41 Å². The number of rotatable bonds is 4. The van der Waals surface area contributed by atoms with Crippen LogP contribution in [0.15, 0.2) is 132 Å². The van der Waals surface area contributed by atoms with E-state index in [1.54, 1.807) is 6.20 Å². The summed E-state index contributed by atoms with van der Waals surface area (Å²) >= 11 is 0. The molecule has 7 aromatic rings. The Labute approximate surface area is 249 Å². The van der Waals surface area contributed by atoms with E-state index in [0.29, 0.717) is 11.1 Å². The maximum atomic E-state index is 16.3. The van der Waals surface area contributed by atoms with Crippen LogP contribution in [0, 0.1) is 0 Å². The van der Waals surface area contributed by atoms with Gasteiger partial charge in [0.25, 0.3) is 0 Å². The van der Waals surface area contributed by atoms with Crippen LogP contribution in [0.5, 0.6) is 0 Å². The van der Waals surface area contributed by atoms with Crippen LogP contribution in [-0.4, -0.2) is 9.97 Å². The van der Waals surface area contributed by atoms with Gasteiger partial charge in [0.15, 0.2) is 6.17 Å². The first kappa shape index (κ1) is 25.4. The van der Waals surface area contributed by atoms with Crippen molar-refractivity contribution >= 4 is 39.1 Å². The Morgan fingerprint density at radius 2 is 1.47 bits per heavy atom. The van der Waals surface area contributed by atoms with Crippen LogP contribution in [0.3, 0.4) is 0 Å². The van der Waals surface area contributed by atoms with Gasteiger partial charge in [0.2, 0.25) is 0 Å². The second kappa shape index (κ2) is 9.63. The van der Waals surface area contributed by atoms with Crippen LogP contribution in [0.25, 0.3) is 33.2 Å². The lowest BCUT2D eigenvalue weighted by Crippen LogP contribution is -2.31. The lowest BCUT2D eigenvalue weighted by Gasteiger charge is -2.41. The van der Waals surface area contributed by atoms with Crippen LogP contribution in [-0.2, 0) is 5.41 Å². The molecule has 0 radical (unpaired) electrons. The second-order valence-corrected chi connectivity index (χ2v) is 11.6. The number of halogens is 1. The van der Waals surface area contributed by atoms with E-state index in [4.69, 9.17) is 9.40 Å². The molecule has 0 N–H and O–H groups in total. The highest BCUT2D eigenvalue weighted by Gasteiger charge is 2.38. The molecule has 1 atom stereocenters. The third kappa shape index (κ3) is 4.03. The van der Waals surface area contributed by atoms with E-state index in [2.05, 4.69) is 48.0 Å². The smallest absolute Gasteiger partial charge is 0.150 e. The monoisotopic (exact) mass is 561 g/mol. The van der Waals surface area contributed by atoms with Gasteiger partial charge in [0.1, 0.15) is 17.0 Å². The highest BCUT2D eigenvalue weighted by molar-refractivity contribution is 6.07. The molecule has 0 saturated heterocycles. The van der Waals surface area contributed by atoms with Crippen molar-refractivity contribution in [3.63, 3.8) is 0 Å². The number of hydrogen-bond acceptors (Lipinski definition) is 4. The molecule has 0 saturated carbocycles. The van der Waals surface area contributed by atoms with Crippen LogP contribution in [0.1, 0.15) is 42.3 Å². The van der Waals surface area contributed by atoms with Gasteiger partial charge in [0, 0.05) is 51.5 Å². The summed E-state index contributed by atoms with van der Waals surface area (Å²) in [5, 5.41) is 2.18. The number of fused-ring (bicyclic) bond motifs is 5. The fraction of sp³-hybridized carbons (Fsp3) is 0.105. The summed E-state index contributed by atoms with van der Waals surface area (Å²) in [5.74, 6) is 0.833. The van der Waals surface area contributed by atoms with Crippen molar-refractivity contribution in [3.8, 4) is 11.3 Å². The molecule has 5 heteroatoms. The maximum Gasteiger partial charge on any atom is 0.150 e. The number of hydrogen-bond donors (Lipinski definition) is 0. The van der Waals surface area contributed by atoms with Crippen LogP contribution >= 0.6 is 0 Å². The predicted octanol–water partition coefficient (Wildman–Crippen LogP) is 10.2. The molecule has 4 heterocycles. The first-order valence-corrected chi connectivity index (χ1v) is 14.5. The number of benzene rings is 4. The molecule has 0 fully saturated rings. The quantitative estimate of drug-likeness (QED) is 0.214. The third-order valence-electron chi connectivity index (χ3n) is 8.64. The molecule has 4 nitrogen and oxygen atoms in total. The zero-order chi connectivity index (χ0) is 29.1. The van der Waals surface area contributed by atoms with E-state index in [9.17, 15) is 0 Å². The van der Waals surface area contributed by atoms with Crippen LogP contribution < -0.4 is 4.90 Å². The van der Waals surface area contributed by atoms with Gasteiger partial charge in [-0.15, -0.1) is 0 Å². The van der Waals surface area contributed by atoms with Crippen molar-refractivity contribution in [2.24, 2.45) is 0 Å². The largest absolute Gasteiger partial charge is 0.456 e. The molecule has 1 aliphatic rings. The molecule has 0 spiro atoms. The van der Waals surface area contributed by atoms with Gasteiger partial charge in [0.05, 0.1) is 11.4 Å². The van der Waals surface area contributed by atoms with Gasteiger partial charge in [-0.05, 0) is 65.2 Å². The molecule has 1 aliphatic heterocycles. The van der Waals surface area contributed by atoms with Gasteiger partial charge in [-0.2, -0.15) is 0 Å². The Bertz CT molecular complexity index is 2150. The molecule has 0 bridgehead atoms. The van der Waals surface area contributed by atoms with Crippen molar-refractivity contribution in [3.05, 3.63) is 150 Å². The van der Waals surface area contributed by atoms with E-state index in [1.165, 1.54) is 0 Å². The second-order valence-electron chi connectivity index (χ2n) is 11.6. The number of aromatic nitrogens is 2. The van der Waals surface area contributed by atoms with Gasteiger partial charge in [-0.1, -0.05) is 74.5 Å². The minimum Gasteiger partial charge on any atom is -0.456 e. The number of anilines is 3. The maximum absolute atomic E-state index is 16.3. The summed E-state index contributed by atoms with van der Waals surface area (Å²) in [6.07, 6.45) is 2.25. The standard InChI is InChI=1S/C38H28FN3O/c1-38(2)30-15-9-19-41-37(30)42(33-23-35-29(22-31(33)38)28-14-3-4-17-34(28)43-35)27-13-8-12-26(21-27)36(39)25-11-7-10-24(20-25)32-16-5-6-18-40-32/h3-23,36H,1-2H3. The van der Waals surface area contributed by atoms with Crippen molar-refractivity contribution in [1.82, 2.24) is 9.97 Å². The molecule has 3 aromatic heterocycles. The highest BCUT2D eigenvalue weighted by atomic mass is 19.1. The summed E-state index contributed by atoms with van der Waals surface area (Å²) in [4.78, 5) is 11.5. The number of furan rings is 1. The summed E-state index contributed by atoms with van der Waals surface area (Å²) in [7, 11) is 0. The first-order chi connectivity index (χ1) is 21.0. The number of nitrogens with zero attached hydrogens (tertiary/aromatic N) is 3. The topological polar surface area (TPSA) is 42.2 Å². The van der Waals surface area contributed by atoms with Crippen molar-refractivity contribution in [2.75, 3.05) is 4.90 Å². The Kier molecular flexibility index (Phi) is 5.70. The SMILES string of the molecule is CC1(C)c2cc3c(cc2N(c2cccc(C(F)c4cccc(-c5ccccn5)c4)c2)c2ncccc21)oc1ccccc13. The zero-order valence-electron chi connectivity index (χ0n) is 23.8. The Morgan fingerprint density at radius 1 is 0.674 bits per heavy atom. The fourth-order valence-corrected chi connectivity index (χ4v) is 6.43. The summed E-state index contributed by atoms with van der Waals surface area (Å²) < 4.78 is 22.6. The van der Waals surface area contributed by atoms with Crippen LogP contribution in [0.2, 0.25) is 0 Å². The van der Waals surface area contributed by atoms with Crippen molar-refractivity contribution in [1.29, 1.82) is 0 Å². The fourth-order valence-electron chi connectivity index (χ4n) is 6.43. The molecule has 43 heavy (non-hydrogen) atoms. The van der Waals surface area contributed by atoms with E-state index in [1.807, 2.05) is 97.2 Å². The van der Waals surface area contributed by atoms with Crippen molar-refractivity contribution in [2.45, 2.75) is 25.4 Å². The number of pyridine rings is 2. The first-order valence-electron chi connectivity index (χ1n) is 14.5. The van der Waals surface area contributed by atoms with Gasteiger partial charge < -0.3 is 4.42 Å². The third-order valence-corrected chi connectivity index (χ3v) is 8.64. The Morgan fingerprint density at radius 3 is 2.33 bits per heavy atom. The Hall–Kier alpha value is -5.29. The molecule has 0 amide bonds. The average Bonchev–Trinajstić information content (AvgIpc) is 3.42. The van der Waals surface area contributed by atoms with Gasteiger partial charge in [-0.3, -0.25) is 9.88 Å². The molecule has 1 unspecified atom stereocenters. The number of para-hydroxylation sites is 1. The average molecular weight is 562 g/mol. The van der Waals surface area contributed by atoms with Gasteiger partial charge in [-0.25, -0.2) is 9.37 Å². The number of alkyl halides is 1. The van der Waals surface area contributed by atoms with E-state index in [0.717, 1.165) is 61.5 Å². The zero-order valence-corrected chi connectivity index (χ0v) is 23.8.